The van der Waals surface area contributed by atoms with Gasteiger partial charge in [0.2, 0.25) is 0 Å². The highest BCUT2D eigenvalue weighted by molar-refractivity contribution is 5.98. The maximum Gasteiger partial charge on any atom is 0.336 e. The van der Waals surface area contributed by atoms with Crippen LogP contribution in [0, 0.1) is 0 Å². The highest BCUT2D eigenvalue weighted by Crippen LogP contribution is 2.33. The van der Waals surface area contributed by atoms with Crippen molar-refractivity contribution in [3.8, 4) is 0 Å². The number of nitrogens with zero attached hydrogens (tertiary/aromatic N) is 1. The smallest absolute Gasteiger partial charge is 0.336 e. The molecule has 6 heteroatoms. The van der Waals surface area contributed by atoms with Gasteiger partial charge in [-0.3, -0.25) is 4.99 Å². The standard InChI is InChI=1S/C29H20N2O4/c32-27-13-7-19-15-22(9-11-25(19)34-27)30-17-21-6-5-18-3-1-2-4-24(18)29(21)31-23-10-12-26-20(16-23)8-14-28(33)35-26/h1-4,7-17,31H,5-6H2. The van der Waals surface area contributed by atoms with Gasteiger partial charge in [0.1, 0.15) is 11.2 Å². The lowest BCUT2D eigenvalue weighted by Crippen LogP contribution is -2.12. The number of nitrogens with one attached hydrogen (secondary N) is 1. The largest absolute Gasteiger partial charge is 0.423 e. The van der Waals surface area contributed by atoms with Crippen molar-refractivity contribution in [2.45, 2.75) is 12.8 Å². The van der Waals surface area contributed by atoms with Crippen LogP contribution in [0.4, 0.5) is 11.4 Å². The fourth-order valence-corrected chi connectivity index (χ4v) is 4.41. The second-order valence-electron chi connectivity index (χ2n) is 8.42. The van der Waals surface area contributed by atoms with Crippen LogP contribution in [0.15, 0.2) is 114 Å². The minimum atomic E-state index is -0.369. The minimum absolute atomic E-state index is 0.364. The van der Waals surface area contributed by atoms with Crippen molar-refractivity contribution in [1.82, 2.24) is 0 Å². The number of hydrogen-bond donors (Lipinski definition) is 1. The Morgan fingerprint density at radius 1 is 0.743 bits per heavy atom. The van der Waals surface area contributed by atoms with E-state index in [4.69, 9.17) is 13.8 Å². The molecule has 0 saturated carbocycles. The second kappa shape index (κ2) is 8.57. The van der Waals surface area contributed by atoms with Crippen molar-refractivity contribution in [3.05, 3.63) is 122 Å². The van der Waals surface area contributed by atoms with E-state index in [2.05, 4.69) is 23.5 Å². The molecule has 0 bridgehead atoms. The van der Waals surface area contributed by atoms with Crippen molar-refractivity contribution in [2.24, 2.45) is 4.99 Å². The number of hydrogen-bond acceptors (Lipinski definition) is 6. The van der Waals surface area contributed by atoms with Crippen LogP contribution in [-0.2, 0) is 6.42 Å². The number of fused-ring (bicyclic) bond motifs is 3. The van der Waals surface area contributed by atoms with Crippen LogP contribution >= 0.6 is 0 Å². The number of aliphatic imine (C=N–C) groups is 1. The van der Waals surface area contributed by atoms with Crippen LogP contribution in [0.1, 0.15) is 17.5 Å². The van der Waals surface area contributed by atoms with E-state index >= 15 is 0 Å². The third-order valence-electron chi connectivity index (χ3n) is 6.13. The van der Waals surface area contributed by atoms with E-state index in [0.717, 1.165) is 51.8 Å². The van der Waals surface area contributed by atoms with E-state index in [1.165, 1.54) is 17.7 Å². The molecule has 0 radical (unpaired) electrons. The van der Waals surface area contributed by atoms with Crippen molar-refractivity contribution in [2.75, 3.05) is 5.32 Å². The summed E-state index contributed by atoms with van der Waals surface area (Å²) in [5.74, 6) is 0. The summed E-state index contributed by atoms with van der Waals surface area (Å²) in [6.07, 6.45) is 3.67. The van der Waals surface area contributed by atoms with Gasteiger partial charge >= 0.3 is 11.3 Å². The maximum absolute atomic E-state index is 11.5. The molecule has 2 heterocycles. The van der Waals surface area contributed by atoms with Crippen LogP contribution < -0.4 is 16.6 Å². The molecule has 0 saturated heterocycles. The lowest BCUT2D eigenvalue weighted by atomic mass is 9.89. The van der Waals surface area contributed by atoms with E-state index in [0.29, 0.717) is 11.2 Å². The third kappa shape index (κ3) is 4.17. The van der Waals surface area contributed by atoms with E-state index in [1.807, 2.05) is 36.5 Å². The zero-order valence-corrected chi connectivity index (χ0v) is 18.7. The molecule has 1 aliphatic carbocycles. The third-order valence-corrected chi connectivity index (χ3v) is 6.13. The first-order chi connectivity index (χ1) is 17.1. The molecule has 0 aliphatic heterocycles. The number of allylic oxidation sites excluding steroid dienone is 1. The van der Waals surface area contributed by atoms with E-state index < -0.39 is 0 Å². The maximum atomic E-state index is 11.5. The summed E-state index contributed by atoms with van der Waals surface area (Å²) in [6, 6.07) is 25.9. The molecule has 0 fully saturated rings. The first-order valence-corrected chi connectivity index (χ1v) is 11.3. The van der Waals surface area contributed by atoms with Crippen molar-refractivity contribution in [1.29, 1.82) is 0 Å². The summed E-state index contributed by atoms with van der Waals surface area (Å²) >= 11 is 0. The van der Waals surface area contributed by atoms with Gasteiger partial charge < -0.3 is 14.2 Å². The summed E-state index contributed by atoms with van der Waals surface area (Å²) in [4.78, 5) is 27.7. The van der Waals surface area contributed by atoms with Gasteiger partial charge in [-0.1, -0.05) is 24.3 Å². The Hall–Kier alpha value is -4.71. The molecular weight excluding hydrogens is 440 g/mol. The number of anilines is 1. The molecule has 0 unspecified atom stereocenters. The zero-order chi connectivity index (χ0) is 23.8. The molecule has 35 heavy (non-hydrogen) atoms. The summed E-state index contributed by atoms with van der Waals surface area (Å²) in [6.45, 7) is 0. The second-order valence-corrected chi connectivity index (χ2v) is 8.42. The molecule has 5 aromatic rings. The minimum Gasteiger partial charge on any atom is -0.423 e. The van der Waals surface area contributed by atoms with Crippen LogP contribution in [0.25, 0.3) is 27.6 Å². The topological polar surface area (TPSA) is 84.8 Å². The summed E-state index contributed by atoms with van der Waals surface area (Å²) in [5.41, 5.74) is 6.53. The van der Waals surface area contributed by atoms with Gasteiger partial charge in [-0.25, -0.2) is 9.59 Å². The van der Waals surface area contributed by atoms with Crippen LogP contribution in [0.3, 0.4) is 0 Å². The number of benzene rings is 3. The molecular formula is C29H20N2O4. The molecule has 0 atom stereocenters. The molecule has 0 spiro atoms. The molecule has 1 N–H and O–H groups in total. The van der Waals surface area contributed by atoms with Gasteiger partial charge in [0.05, 0.1) is 11.4 Å². The molecule has 0 amide bonds. The predicted octanol–water partition coefficient (Wildman–Crippen LogP) is 6.07. The Morgan fingerprint density at radius 2 is 1.46 bits per heavy atom. The number of aryl methyl sites for hydroxylation is 1. The SMILES string of the molecule is O=c1ccc2cc(N=CC3=C(Nc4ccc5oc(=O)ccc5c4)c4ccccc4CC3)ccc2o1. The normalized spacial score (nSPS) is 13.5. The summed E-state index contributed by atoms with van der Waals surface area (Å²) in [7, 11) is 0. The first kappa shape index (κ1) is 20.9. The lowest BCUT2D eigenvalue weighted by molar-refractivity contribution is 0.561. The summed E-state index contributed by atoms with van der Waals surface area (Å²) < 4.78 is 10.5. The quantitative estimate of drug-likeness (QED) is 0.260. The lowest BCUT2D eigenvalue weighted by Gasteiger charge is -2.23. The Morgan fingerprint density at radius 3 is 2.26 bits per heavy atom. The van der Waals surface area contributed by atoms with Gasteiger partial charge in [0.25, 0.3) is 0 Å². The van der Waals surface area contributed by atoms with Gasteiger partial charge in [-0.2, -0.15) is 0 Å². The highest BCUT2D eigenvalue weighted by Gasteiger charge is 2.18. The Kier molecular flexibility index (Phi) is 5.11. The van der Waals surface area contributed by atoms with Gasteiger partial charge in [-0.15, -0.1) is 0 Å². The van der Waals surface area contributed by atoms with E-state index in [1.54, 1.807) is 24.3 Å². The molecule has 6 rings (SSSR count). The predicted molar refractivity (Wildman–Crippen MR) is 138 cm³/mol. The number of rotatable bonds is 4. The highest BCUT2D eigenvalue weighted by atomic mass is 16.4. The molecule has 2 aromatic heterocycles. The Balaban J connectivity index is 1.40. The van der Waals surface area contributed by atoms with Gasteiger partial charge in [-0.05, 0) is 72.5 Å². The van der Waals surface area contributed by atoms with Gasteiger partial charge in [0.15, 0.2) is 0 Å². The fraction of sp³-hybridized carbons (Fsp3) is 0.0690. The van der Waals surface area contributed by atoms with Crippen LogP contribution in [0.5, 0.6) is 0 Å². The van der Waals surface area contributed by atoms with Crippen molar-refractivity contribution in [3.63, 3.8) is 0 Å². The van der Waals surface area contributed by atoms with Crippen LogP contribution in [-0.4, -0.2) is 6.21 Å². The Labute approximate surface area is 199 Å². The average molecular weight is 460 g/mol. The van der Waals surface area contributed by atoms with E-state index in [-0.39, 0.29) is 11.3 Å². The monoisotopic (exact) mass is 460 g/mol. The zero-order valence-electron chi connectivity index (χ0n) is 18.7. The van der Waals surface area contributed by atoms with Crippen molar-refractivity contribution >= 4 is 45.2 Å². The van der Waals surface area contributed by atoms with Gasteiger partial charge in [0, 0.05) is 40.4 Å². The first-order valence-electron chi connectivity index (χ1n) is 11.3. The van der Waals surface area contributed by atoms with Crippen molar-refractivity contribution < 1.29 is 8.83 Å². The van der Waals surface area contributed by atoms with E-state index in [9.17, 15) is 9.59 Å². The van der Waals surface area contributed by atoms with Crippen LogP contribution in [0.2, 0.25) is 0 Å². The molecule has 1 aliphatic rings. The summed E-state index contributed by atoms with van der Waals surface area (Å²) in [5, 5.41) is 5.25. The fourth-order valence-electron chi connectivity index (χ4n) is 4.41. The average Bonchev–Trinajstić information content (AvgIpc) is 2.88. The Bertz CT molecular complexity index is 1780. The molecule has 6 nitrogen and oxygen atoms in total. The molecule has 170 valence electrons. The molecule has 3 aromatic carbocycles.